The van der Waals surface area contributed by atoms with Gasteiger partial charge in [0.1, 0.15) is 5.75 Å². The van der Waals surface area contributed by atoms with E-state index in [9.17, 15) is 5.11 Å². The van der Waals surface area contributed by atoms with Crippen molar-refractivity contribution >= 4 is 55.8 Å². The first-order valence-electron chi connectivity index (χ1n) is 5.22. The van der Waals surface area contributed by atoms with Crippen LogP contribution in [-0.4, -0.2) is 5.11 Å². The number of hydrogen-bond acceptors (Lipinski definition) is 2. The Morgan fingerprint density at radius 3 is 2.67 bits per heavy atom. The van der Waals surface area contributed by atoms with E-state index >= 15 is 0 Å². The van der Waals surface area contributed by atoms with Gasteiger partial charge < -0.3 is 10.4 Å². The molecule has 2 N–H and O–H groups in total. The molecule has 0 heterocycles. The molecule has 0 radical (unpaired) electrons. The minimum absolute atomic E-state index is 0.250. The second-order valence-corrected chi connectivity index (χ2v) is 6.22. The first kappa shape index (κ1) is 14.0. The van der Waals surface area contributed by atoms with Crippen molar-refractivity contribution in [2.45, 2.75) is 6.54 Å². The van der Waals surface area contributed by atoms with Crippen molar-refractivity contribution in [3.05, 3.63) is 55.0 Å². The highest BCUT2D eigenvalue weighted by molar-refractivity contribution is 14.1. The molecule has 0 amide bonds. The smallest absolute Gasteiger partial charge is 0.129 e. The Bertz CT molecular complexity index is 577. The molecule has 0 saturated carbocycles. The van der Waals surface area contributed by atoms with Gasteiger partial charge in [0.2, 0.25) is 0 Å². The van der Waals surface area contributed by atoms with Gasteiger partial charge in [0.25, 0.3) is 0 Å². The molecule has 0 aliphatic carbocycles. The maximum Gasteiger partial charge on any atom is 0.129 e. The summed E-state index contributed by atoms with van der Waals surface area (Å²) in [6.07, 6.45) is 0. The molecule has 94 valence electrons. The molecule has 0 fully saturated rings. The summed E-state index contributed by atoms with van der Waals surface area (Å²) < 4.78 is 1.78. The molecular weight excluding hydrogens is 428 g/mol. The summed E-state index contributed by atoms with van der Waals surface area (Å²) in [5.41, 5.74) is 2.13. The van der Waals surface area contributed by atoms with E-state index in [4.69, 9.17) is 11.6 Å². The minimum Gasteiger partial charge on any atom is -0.507 e. The van der Waals surface area contributed by atoms with Crippen LogP contribution in [0.15, 0.2) is 40.9 Å². The van der Waals surface area contributed by atoms with E-state index in [-0.39, 0.29) is 5.75 Å². The zero-order valence-electron chi connectivity index (χ0n) is 9.25. The van der Waals surface area contributed by atoms with Gasteiger partial charge in [0, 0.05) is 20.8 Å². The number of phenols is 1. The molecule has 0 aliphatic heterocycles. The number of benzene rings is 2. The van der Waals surface area contributed by atoms with Gasteiger partial charge in [-0.2, -0.15) is 0 Å². The second kappa shape index (κ2) is 6.12. The summed E-state index contributed by atoms with van der Waals surface area (Å²) in [6.45, 7) is 0.691. The highest BCUT2D eigenvalue weighted by Crippen LogP contribution is 2.26. The van der Waals surface area contributed by atoms with Crippen LogP contribution in [0.5, 0.6) is 5.75 Å². The van der Waals surface area contributed by atoms with Crippen LogP contribution in [0.25, 0.3) is 0 Å². The fourth-order valence-corrected chi connectivity index (χ4v) is 2.98. The van der Waals surface area contributed by atoms with Crippen molar-refractivity contribution < 1.29 is 5.11 Å². The molecule has 2 aromatic rings. The Labute approximate surface area is 133 Å². The Hall–Kier alpha value is -0.460. The van der Waals surface area contributed by atoms with Crippen LogP contribution in [-0.2, 0) is 6.54 Å². The molecule has 0 saturated heterocycles. The molecule has 0 bridgehead atoms. The average Bonchev–Trinajstić information content (AvgIpc) is 2.32. The van der Waals surface area contributed by atoms with E-state index in [0.29, 0.717) is 11.0 Å². The molecule has 18 heavy (non-hydrogen) atoms. The summed E-state index contributed by atoms with van der Waals surface area (Å²) in [5, 5.41) is 13.5. The summed E-state index contributed by atoms with van der Waals surface area (Å²) >= 11 is 11.4. The van der Waals surface area contributed by atoms with Crippen LogP contribution in [0.3, 0.4) is 0 Å². The molecule has 0 atom stereocenters. The quantitative estimate of drug-likeness (QED) is 0.660. The van der Waals surface area contributed by atoms with Crippen LogP contribution in [0, 0.1) is 3.57 Å². The van der Waals surface area contributed by atoms with E-state index in [1.807, 2.05) is 30.3 Å². The van der Waals surface area contributed by atoms with Crippen molar-refractivity contribution in [2.75, 3.05) is 5.32 Å². The highest BCUT2D eigenvalue weighted by atomic mass is 127. The third-order valence-corrected chi connectivity index (χ3v) is 4.19. The number of rotatable bonds is 3. The van der Waals surface area contributed by atoms with Gasteiger partial charge in [-0.25, -0.2) is 0 Å². The van der Waals surface area contributed by atoms with E-state index < -0.39 is 0 Å². The lowest BCUT2D eigenvalue weighted by Gasteiger charge is -2.09. The summed E-state index contributed by atoms with van der Waals surface area (Å²) in [6, 6.07) is 11.2. The predicted octanol–water partition coefficient (Wildman–Crippen LogP) is 5.02. The zero-order valence-corrected chi connectivity index (χ0v) is 13.8. The molecule has 5 heteroatoms. The molecule has 2 nitrogen and oxygen atoms in total. The van der Waals surface area contributed by atoms with Crippen molar-refractivity contribution in [1.82, 2.24) is 0 Å². The largest absolute Gasteiger partial charge is 0.507 e. The maximum atomic E-state index is 9.42. The van der Waals surface area contributed by atoms with Crippen molar-refractivity contribution in [3.63, 3.8) is 0 Å². The molecule has 2 aromatic carbocycles. The maximum absolute atomic E-state index is 9.42. The monoisotopic (exact) mass is 437 g/mol. The van der Waals surface area contributed by atoms with Crippen molar-refractivity contribution in [3.8, 4) is 5.75 Å². The van der Waals surface area contributed by atoms with Crippen LogP contribution in [0.2, 0.25) is 5.02 Å². The summed E-state index contributed by atoms with van der Waals surface area (Å²) in [4.78, 5) is 0. The van der Waals surface area contributed by atoms with E-state index in [1.165, 1.54) is 0 Å². The molecule has 0 aromatic heterocycles. The number of hydrogen-bond donors (Lipinski definition) is 2. The van der Waals surface area contributed by atoms with E-state index in [2.05, 4.69) is 43.8 Å². The molecule has 0 aliphatic rings. The van der Waals surface area contributed by atoms with Crippen molar-refractivity contribution in [1.29, 1.82) is 0 Å². The third kappa shape index (κ3) is 3.52. The van der Waals surface area contributed by atoms with Crippen LogP contribution >= 0.6 is 50.1 Å². The Kier molecular flexibility index (Phi) is 4.75. The topological polar surface area (TPSA) is 32.3 Å². The molecule has 0 unspecified atom stereocenters. The minimum atomic E-state index is 0.250. The lowest BCUT2D eigenvalue weighted by atomic mass is 10.2. The van der Waals surface area contributed by atoms with Gasteiger partial charge in [-0.3, -0.25) is 0 Å². The van der Waals surface area contributed by atoms with Gasteiger partial charge >= 0.3 is 0 Å². The van der Waals surface area contributed by atoms with Gasteiger partial charge in [-0.15, -0.1) is 0 Å². The summed E-state index contributed by atoms with van der Waals surface area (Å²) in [5.74, 6) is 0.250. The SMILES string of the molecule is Oc1ccc(CNc2ccc(Cl)cc2I)cc1Br. The fourth-order valence-electron chi connectivity index (χ4n) is 1.49. The highest BCUT2D eigenvalue weighted by Gasteiger charge is 2.02. The van der Waals surface area contributed by atoms with Crippen LogP contribution in [0.1, 0.15) is 5.56 Å². The molecular formula is C13H10BrClINO. The number of anilines is 1. The Morgan fingerprint density at radius 1 is 1.22 bits per heavy atom. The first-order valence-corrected chi connectivity index (χ1v) is 7.47. The van der Waals surface area contributed by atoms with Crippen molar-refractivity contribution in [2.24, 2.45) is 0 Å². The van der Waals surface area contributed by atoms with E-state index in [0.717, 1.165) is 19.8 Å². The standard InChI is InChI=1S/C13H10BrClINO/c14-10-5-8(1-4-13(10)18)7-17-12-3-2-9(15)6-11(12)16/h1-6,17-18H,7H2. The Balaban J connectivity index is 2.09. The van der Waals surface area contributed by atoms with Gasteiger partial charge in [0.15, 0.2) is 0 Å². The van der Waals surface area contributed by atoms with Gasteiger partial charge in [-0.05, 0) is 74.4 Å². The zero-order chi connectivity index (χ0) is 13.1. The van der Waals surface area contributed by atoms with Crippen LogP contribution in [0.4, 0.5) is 5.69 Å². The lowest BCUT2D eigenvalue weighted by molar-refractivity contribution is 0.471. The van der Waals surface area contributed by atoms with E-state index in [1.54, 1.807) is 6.07 Å². The second-order valence-electron chi connectivity index (χ2n) is 3.76. The third-order valence-electron chi connectivity index (χ3n) is 2.43. The number of nitrogens with one attached hydrogen (secondary N) is 1. The average molecular weight is 438 g/mol. The first-order chi connectivity index (χ1) is 8.56. The number of phenolic OH excluding ortho intramolecular Hbond substituents is 1. The van der Waals surface area contributed by atoms with Crippen LogP contribution < -0.4 is 5.32 Å². The predicted molar refractivity (Wildman–Crippen MR) is 87.3 cm³/mol. The lowest BCUT2D eigenvalue weighted by Crippen LogP contribution is -2.00. The number of aromatic hydroxyl groups is 1. The van der Waals surface area contributed by atoms with Gasteiger partial charge in [0.05, 0.1) is 4.47 Å². The molecule has 2 rings (SSSR count). The van der Waals surface area contributed by atoms with Gasteiger partial charge in [-0.1, -0.05) is 17.7 Å². The fraction of sp³-hybridized carbons (Fsp3) is 0.0769. The summed E-state index contributed by atoms with van der Waals surface area (Å²) in [7, 11) is 0. The normalized spacial score (nSPS) is 10.4. The Morgan fingerprint density at radius 2 is 2.00 bits per heavy atom. The number of halogens is 3. The molecule has 0 spiro atoms.